The predicted molar refractivity (Wildman–Crippen MR) is 78.5 cm³/mol. The first kappa shape index (κ1) is 13.7. The smallest absolute Gasteiger partial charge is 0.123 e. The molecule has 0 saturated carbocycles. The van der Waals surface area contributed by atoms with Gasteiger partial charge in [0.05, 0.1) is 0 Å². The highest BCUT2D eigenvalue weighted by molar-refractivity contribution is 7.10. The topological polar surface area (TPSA) is 29.5 Å². The van der Waals surface area contributed by atoms with Crippen LogP contribution in [0.25, 0.3) is 0 Å². The van der Waals surface area contributed by atoms with Crippen molar-refractivity contribution in [1.82, 2.24) is 0 Å². The third-order valence-corrected chi connectivity index (χ3v) is 3.59. The van der Waals surface area contributed by atoms with E-state index in [0.29, 0.717) is 6.61 Å². The van der Waals surface area contributed by atoms with Crippen LogP contribution in [-0.4, -0.2) is 11.7 Å². The second-order valence-corrected chi connectivity index (χ2v) is 5.31. The first-order valence-electron chi connectivity index (χ1n) is 6.06. The fourth-order valence-corrected chi connectivity index (χ4v) is 2.40. The molecule has 2 rings (SSSR count). The maximum Gasteiger partial charge on any atom is 0.123 e. The molecule has 98 valence electrons. The molecule has 0 aliphatic rings. The largest absolute Gasteiger partial charge is 0.488 e. The van der Waals surface area contributed by atoms with Gasteiger partial charge in [-0.1, -0.05) is 24.0 Å². The standard InChI is InChI=1S/C16H16O2S/c1-12-5-6-13(2)16(8-12)18-10-15-9-14(11-19-15)4-3-7-17/h5-6,8-9,11,17H,7,10H2,1-2H3. The number of ether oxygens (including phenoxy) is 1. The molecular weight excluding hydrogens is 256 g/mol. The molecule has 19 heavy (non-hydrogen) atoms. The van der Waals surface area contributed by atoms with Crippen molar-refractivity contribution in [2.75, 3.05) is 6.61 Å². The zero-order valence-electron chi connectivity index (χ0n) is 11.1. The molecule has 0 spiro atoms. The third kappa shape index (κ3) is 3.85. The van der Waals surface area contributed by atoms with Gasteiger partial charge in [-0.2, -0.15) is 0 Å². The van der Waals surface area contributed by atoms with Gasteiger partial charge in [0.15, 0.2) is 0 Å². The molecule has 3 heteroatoms. The van der Waals surface area contributed by atoms with Gasteiger partial charge in [0, 0.05) is 15.8 Å². The van der Waals surface area contributed by atoms with Crippen LogP contribution in [0, 0.1) is 25.7 Å². The van der Waals surface area contributed by atoms with Crippen LogP contribution in [0.15, 0.2) is 29.6 Å². The number of hydrogen-bond acceptors (Lipinski definition) is 3. The van der Waals surface area contributed by atoms with E-state index < -0.39 is 0 Å². The van der Waals surface area contributed by atoms with E-state index in [9.17, 15) is 0 Å². The van der Waals surface area contributed by atoms with Crippen molar-refractivity contribution in [2.45, 2.75) is 20.5 Å². The first-order valence-corrected chi connectivity index (χ1v) is 6.94. The number of hydrogen-bond donors (Lipinski definition) is 1. The molecule has 0 bridgehead atoms. The molecule has 2 aromatic rings. The summed E-state index contributed by atoms with van der Waals surface area (Å²) in [4.78, 5) is 1.13. The Labute approximate surface area is 117 Å². The van der Waals surface area contributed by atoms with Crippen molar-refractivity contribution in [1.29, 1.82) is 0 Å². The van der Waals surface area contributed by atoms with Gasteiger partial charge >= 0.3 is 0 Å². The summed E-state index contributed by atoms with van der Waals surface area (Å²) in [5, 5.41) is 10.6. The third-order valence-electron chi connectivity index (χ3n) is 2.68. The molecule has 0 aliphatic carbocycles. The summed E-state index contributed by atoms with van der Waals surface area (Å²) < 4.78 is 5.83. The summed E-state index contributed by atoms with van der Waals surface area (Å²) in [6.07, 6.45) is 0. The zero-order valence-corrected chi connectivity index (χ0v) is 11.9. The lowest BCUT2D eigenvalue weighted by molar-refractivity contribution is 0.307. The lowest BCUT2D eigenvalue weighted by Gasteiger charge is -2.08. The van der Waals surface area contributed by atoms with Crippen LogP contribution in [0.4, 0.5) is 0 Å². The van der Waals surface area contributed by atoms with Crippen LogP contribution in [0.5, 0.6) is 5.75 Å². The molecule has 0 unspecified atom stereocenters. The van der Waals surface area contributed by atoms with Gasteiger partial charge < -0.3 is 9.84 Å². The number of aryl methyl sites for hydroxylation is 2. The highest BCUT2D eigenvalue weighted by Crippen LogP contribution is 2.22. The van der Waals surface area contributed by atoms with Crippen molar-refractivity contribution < 1.29 is 9.84 Å². The molecule has 0 saturated heterocycles. The van der Waals surface area contributed by atoms with E-state index in [1.165, 1.54) is 5.56 Å². The predicted octanol–water partition coefficient (Wildman–Crippen LogP) is 3.29. The number of benzene rings is 1. The summed E-state index contributed by atoms with van der Waals surface area (Å²) in [5.41, 5.74) is 3.27. The quantitative estimate of drug-likeness (QED) is 0.869. The minimum absolute atomic E-state index is 0.107. The maximum absolute atomic E-state index is 8.65. The van der Waals surface area contributed by atoms with E-state index in [4.69, 9.17) is 9.84 Å². The number of aliphatic hydroxyl groups is 1. The van der Waals surface area contributed by atoms with Gasteiger partial charge in [0.2, 0.25) is 0 Å². The van der Waals surface area contributed by atoms with E-state index >= 15 is 0 Å². The Bertz CT molecular complexity index is 617. The van der Waals surface area contributed by atoms with Crippen LogP contribution in [0.2, 0.25) is 0 Å². The zero-order chi connectivity index (χ0) is 13.7. The molecule has 0 aliphatic heterocycles. The van der Waals surface area contributed by atoms with E-state index in [1.807, 2.05) is 18.4 Å². The molecular formula is C16H16O2S. The van der Waals surface area contributed by atoms with E-state index in [0.717, 1.165) is 21.8 Å². The molecule has 0 amide bonds. The van der Waals surface area contributed by atoms with Crippen molar-refractivity contribution in [2.24, 2.45) is 0 Å². The average molecular weight is 272 g/mol. The Morgan fingerprint density at radius 2 is 2.11 bits per heavy atom. The second-order valence-electron chi connectivity index (χ2n) is 4.32. The van der Waals surface area contributed by atoms with Crippen LogP contribution >= 0.6 is 11.3 Å². The molecule has 0 radical (unpaired) electrons. The monoisotopic (exact) mass is 272 g/mol. The summed E-state index contributed by atoms with van der Waals surface area (Å²) in [5.74, 6) is 6.46. The summed E-state index contributed by atoms with van der Waals surface area (Å²) in [7, 11) is 0. The minimum atomic E-state index is -0.107. The molecule has 0 atom stereocenters. The van der Waals surface area contributed by atoms with Crippen LogP contribution in [-0.2, 0) is 6.61 Å². The summed E-state index contributed by atoms with van der Waals surface area (Å²) in [6.45, 7) is 4.54. The van der Waals surface area contributed by atoms with Gasteiger partial charge in [0.25, 0.3) is 0 Å². The Hall–Kier alpha value is -1.76. The van der Waals surface area contributed by atoms with E-state index in [1.54, 1.807) is 11.3 Å². The van der Waals surface area contributed by atoms with Crippen LogP contribution in [0.3, 0.4) is 0 Å². The van der Waals surface area contributed by atoms with Gasteiger partial charge in [-0.3, -0.25) is 0 Å². The van der Waals surface area contributed by atoms with E-state index in [2.05, 4.69) is 37.0 Å². The van der Waals surface area contributed by atoms with Gasteiger partial charge in [-0.05, 0) is 37.1 Å². The first-order chi connectivity index (χ1) is 9.19. The lowest BCUT2D eigenvalue weighted by atomic mass is 10.1. The van der Waals surface area contributed by atoms with Gasteiger partial charge in [-0.25, -0.2) is 0 Å². The van der Waals surface area contributed by atoms with Gasteiger partial charge in [-0.15, -0.1) is 11.3 Å². The molecule has 1 N–H and O–H groups in total. The SMILES string of the molecule is Cc1ccc(C)c(OCc2cc(C#CCO)cs2)c1. The maximum atomic E-state index is 8.65. The average Bonchev–Trinajstić information content (AvgIpc) is 2.85. The van der Waals surface area contributed by atoms with Crippen LogP contribution < -0.4 is 4.74 Å². The molecule has 1 heterocycles. The fourth-order valence-electron chi connectivity index (χ4n) is 1.68. The Morgan fingerprint density at radius 3 is 2.89 bits per heavy atom. The highest BCUT2D eigenvalue weighted by atomic mass is 32.1. The van der Waals surface area contributed by atoms with Gasteiger partial charge in [0.1, 0.15) is 19.0 Å². The van der Waals surface area contributed by atoms with Crippen molar-refractivity contribution >= 4 is 11.3 Å². The highest BCUT2D eigenvalue weighted by Gasteiger charge is 2.02. The Morgan fingerprint density at radius 1 is 1.26 bits per heavy atom. The molecule has 1 aromatic carbocycles. The summed E-state index contributed by atoms with van der Waals surface area (Å²) in [6, 6.07) is 8.20. The minimum Gasteiger partial charge on any atom is -0.488 e. The number of thiophene rings is 1. The molecule has 2 nitrogen and oxygen atoms in total. The Kier molecular flexibility index (Phi) is 4.62. The fraction of sp³-hybridized carbons (Fsp3) is 0.250. The molecule has 0 fully saturated rings. The van der Waals surface area contributed by atoms with Crippen molar-refractivity contribution in [3.05, 3.63) is 51.2 Å². The second kappa shape index (κ2) is 6.42. The van der Waals surface area contributed by atoms with Crippen molar-refractivity contribution in [3.63, 3.8) is 0 Å². The lowest BCUT2D eigenvalue weighted by Crippen LogP contribution is -1.95. The normalized spacial score (nSPS) is 9.84. The Balaban J connectivity index is 2.02. The van der Waals surface area contributed by atoms with E-state index in [-0.39, 0.29) is 6.61 Å². The number of rotatable bonds is 3. The van der Waals surface area contributed by atoms with Crippen LogP contribution in [0.1, 0.15) is 21.6 Å². The summed E-state index contributed by atoms with van der Waals surface area (Å²) >= 11 is 1.62. The van der Waals surface area contributed by atoms with Crippen molar-refractivity contribution in [3.8, 4) is 17.6 Å². The molecule has 1 aromatic heterocycles. The number of aliphatic hydroxyl groups excluding tert-OH is 1.